The molecular formula is C16H30O3. The zero-order valence-corrected chi connectivity index (χ0v) is 12.8. The molecule has 1 unspecified atom stereocenters. The summed E-state index contributed by atoms with van der Waals surface area (Å²) >= 11 is 0. The number of ether oxygens (including phenoxy) is 1. The van der Waals surface area contributed by atoms with Gasteiger partial charge in [-0.3, -0.25) is 4.79 Å². The van der Waals surface area contributed by atoms with E-state index in [1.165, 1.54) is 25.7 Å². The van der Waals surface area contributed by atoms with Crippen molar-refractivity contribution in [3.8, 4) is 0 Å². The Labute approximate surface area is 118 Å². The molecule has 112 valence electrons. The lowest BCUT2D eigenvalue weighted by molar-refractivity contribution is -0.148. The van der Waals surface area contributed by atoms with Crippen LogP contribution in [0.4, 0.5) is 0 Å². The summed E-state index contributed by atoms with van der Waals surface area (Å²) in [7, 11) is 0. The van der Waals surface area contributed by atoms with Gasteiger partial charge in [-0.15, -0.1) is 0 Å². The van der Waals surface area contributed by atoms with Crippen LogP contribution in [0, 0.1) is 5.92 Å². The predicted molar refractivity (Wildman–Crippen MR) is 79.0 cm³/mol. The van der Waals surface area contributed by atoms with Crippen molar-refractivity contribution < 1.29 is 14.6 Å². The van der Waals surface area contributed by atoms with Crippen LogP contribution in [0.3, 0.4) is 0 Å². The number of carbonyl (C=O) groups is 1. The maximum Gasteiger partial charge on any atom is 0.309 e. The number of unbranched alkanes of at least 4 members (excludes halogenated alkanes) is 2. The van der Waals surface area contributed by atoms with Crippen molar-refractivity contribution in [3.05, 3.63) is 11.6 Å². The average molecular weight is 270 g/mol. The van der Waals surface area contributed by atoms with Gasteiger partial charge in [0.1, 0.15) is 0 Å². The first-order valence-electron chi connectivity index (χ1n) is 7.64. The van der Waals surface area contributed by atoms with Gasteiger partial charge in [-0.2, -0.15) is 0 Å². The van der Waals surface area contributed by atoms with E-state index in [2.05, 4.69) is 13.0 Å². The van der Waals surface area contributed by atoms with E-state index < -0.39 is 0 Å². The van der Waals surface area contributed by atoms with E-state index in [1.807, 2.05) is 6.92 Å². The van der Waals surface area contributed by atoms with E-state index in [0.717, 1.165) is 19.3 Å². The van der Waals surface area contributed by atoms with Gasteiger partial charge in [0.25, 0.3) is 0 Å². The Morgan fingerprint density at radius 2 is 2.05 bits per heavy atom. The molecule has 1 N–H and O–H groups in total. The number of hydrogen-bond donors (Lipinski definition) is 1. The molecular weight excluding hydrogens is 240 g/mol. The second-order valence-electron chi connectivity index (χ2n) is 4.86. The standard InChI is InChI=1S/C14H24O2.C2H6O/c1-3-5-6-7-12-8-10-13(11-9-12)14(15)16-4-2;1-2-3/h8,13H,3-7,9-11H2,1-2H3;3H,2H2,1H3. The van der Waals surface area contributed by atoms with E-state index in [-0.39, 0.29) is 18.5 Å². The van der Waals surface area contributed by atoms with Crippen molar-refractivity contribution in [2.24, 2.45) is 5.92 Å². The number of aliphatic hydroxyl groups is 1. The van der Waals surface area contributed by atoms with E-state index in [1.54, 1.807) is 12.5 Å². The molecule has 0 saturated heterocycles. The first kappa shape index (κ1) is 18.2. The summed E-state index contributed by atoms with van der Waals surface area (Å²) in [6.07, 6.45) is 10.3. The van der Waals surface area contributed by atoms with E-state index in [9.17, 15) is 4.79 Å². The van der Waals surface area contributed by atoms with E-state index in [0.29, 0.717) is 6.61 Å². The largest absolute Gasteiger partial charge is 0.466 e. The van der Waals surface area contributed by atoms with Crippen LogP contribution >= 0.6 is 0 Å². The molecule has 1 atom stereocenters. The number of aliphatic hydroxyl groups excluding tert-OH is 1. The fourth-order valence-electron chi connectivity index (χ4n) is 2.19. The van der Waals surface area contributed by atoms with Crippen molar-refractivity contribution in [2.75, 3.05) is 13.2 Å². The Kier molecular flexibility index (Phi) is 11.7. The zero-order valence-electron chi connectivity index (χ0n) is 12.8. The summed E-state index contributed by atoms with van der Waals surface area (Å²) in [5, 5.41) is 7.57. The van der Waals surface area contributed by atoms with Crippen LogP contribution in [0.1, 0.15) is 65.7 Å². The van der Waals surface area contributed by atoms with Crippen LogP contribution in [-0.4, -0.2) is 24.3 Å². The third kappa shape index (κ3) is 8.82. The quantitative estimate of drug-likeness (QED) is 0.453. The van der Waals surface area contributed by atoms with Gasteiger partial charge in [0, 0.05) is 6.61 Å². The first-order chi connectivity index (χ1) is 9.19. The molecule has 3 nitrogen and oxygen atoms in total. The van der Waals surface area contributed by atoms with Gasteiger partial charge in [-0.05, 0) is 46.0 Å². The SMILES string of the molecule is CCCCCC1=CCC(C(=O)OCC)CC1.CCO. The number of rotatable bonds is 6. The van der Waals surface area contributed by atoms with Crippen molar-refractivity contribution in [1.82, 2.24) is 0 Å². The molecule has 0 amide bonds. The lowest BCUT2D eigenvalue weighted by Gasteiger charge is -2.20. The van der Waals surface area contributed by atoms with Crippen LogP contribution in [-0.2, 0) is 9.53 Å². The van der Waals surface area contributed by atoms with Crippen LogP contribution in [0.15, 0.2) is 11.6 Å². The lowest BCUT2D eigenvalue weighted by atomic mass is 9.87. The van der Waals surface area contributed by atoms with Crippen LogP contribution in [0.2, 0.25) is 0 Å². The first-order valence-corrected chi connectivity index (χ1v) is 7.64. The highest BCUT2D eigenvalue weighted by Crippen LogP contribution is 2.27. The highest BCUT2D eigenvalue weighted by atomic mass is 16.5. The second kappa shape index (κ2) is 12.2. The number of hydrogen-bond acceptors (Lipinski definition) is 3. The maximum absolute atomic E-state index is 11.5. The van der Waals surface area contributed by atoms with Gasteiger partial charge in [0.15, 0.2) is 0 Å². The minimum Gasteiger partial charge on any atom is -0.466 e. The highest BCUT2D eigenvalue weighted by molar-refractivity contribution is 5.72. The third-order valence-corrected chi connectivity index (χ3v) is 3.23. The molecule has 0 spiro atoms. The summed E-state index contributed by atoms with van der Waals surface area (Å²) in [6.45, 7) is 6.53. The number of carbonyl (C=O) groups excluding carboxylic acids is 1. The normalized spacial score (nSPS) is 18.1. The van der Waals surface area contributed by atoms with Crippen LogP contribution < -0.4 is 0 Å². The molecule has 0 fully saturated rings. The van der Waals surface area contributed by atoms with Gasteiger partial charge in [0.2, 0.25) is 0 Å². The zero-order chi connectivity index (χ0) is 14.5. The Hall–Kier alpha value is -0.830. The molecule has 0 heterocycles. The van der Waals surface area contributed by atoms with Gasteiger partial charge in [-0.25, -0.2) is 0 Å². The molecule has 1 aliphatic rings. The molecule has 0 aromatic carbocycles. The Balaban J connectivity index is 0.000000982. The van der Waals surface area contributed by atoms with Gasteiger partial charge < -0.3 is 9.84 Å². The van der Waals surface area contributed by atoms with Crippen LogP contribution in [0.25, 0.3) is 0 Å². The molecule has 0 bridgehead atoms. The molecule has 0 aromatic rings. The predicted octanol–water partition coefficient (Wildman–Crippen LogP) is 3.85. The monoisotopic (exact) mass is 270 g/mol. The molecule has 1 rings (SSSR count). The number of allylic oxidation sites excluding steroid dienone is 2. The van der Waals surface area contributed by atoms with Crippen molar-refractivity contribution in [1.29, 1.82) is 0 Å². The van der Waals surface area contributed by atoms with Crippen molar-refractivity contribution in [3.63, 3.8) is 0 Å². The average Bonchev–Trinajstić information content (AvgIpc) is 2.41. The Bertz CT molecular complexity index is 259. The lowest BCUT2D eigenvalue weighted by Crippen LogP contribution is -2.19. The smallest absolute Gasteiger partial charge is 0.309 e. The topological polar surface area (TPSA) is 46.5 Å². The molecule has 0 saturated carbocycles. The third-order valence-electron chi connectivity index (χ3n) is 3.23. The summed E-state index contributed by atoms with van der Waals surface area (Å²) in [6, 6.07) is 0. The van der Waals surface area contributed by atoms with Crippen LogP contribution in [0.5, 0.6) is 0 Å². The summed E-state index contributed by atoms with van der Waals surface area (Å²) in [4.78, 5) is 11.5. The number of esters is 1. The van der Waals surface area contributed by atoms with Gasteiger partial charge in [0.05, 0.1) is 12.5 Å². The maximum atomic E-state index is 11.5. The molecule has 19 heavy (non-hydrogen) atoms. The molecule has 0 aliphatic heterocycles. The van der Waals surface area contributed by atoms with Gasteiger partial charge in [-0.1, -0.05) is 31.4 Å². The molecule has 3 heteroatoms. The van der Waals surface area contributed by atoms with E-state index >= 15 is 0 Å². The second-order valence-corrected chi connectivity index (χ2v) is 4.86. The summed E-state index contributed by atoms with van der Waals surface area (Å²) in [5.41, 5.74) is 1.55. The molecule has 0 radical (unpaired) electrons. The van der Waals surface area contributed by atoms with Gasteiger partial charge >= 0.3 is 5.97 Å². The minimum absolute atomic E-state index is 0.00800. The summed E-state index contributed by atoms with van der Waals surface area (Å²) in [5.74, 6) is 0.112. The highest BCUT2D eigenvalue weighted by Gasteiger charge is 2.22. The Morgan fingerprint density at radius 3 is 2.53 bits per heavy atom. The van der Waals surface area contributed by atoms with Crippen molar-refractivity contribution in [2.45, 2.75) is 65.7 Å². The minimum atomic E-state index is -0.00800. The molecule has 0 aromatic heterocycles. The summed E-state index contributed by atoms with van der Waals surface area (Å²) < 4.78 is 5.05. The molecule has 1 aliphatic carbocycles. The fourth-order valence-corrected chi connectivity index (χ4v) is 2.19. The van der Waals surface area contributed by atoms with Crippen molar-refractivity contribution >= 4 is 5.97 Å². The Morgan fingerprint density at radius 1 is 1.37 bits per heavy atom. The fraction of sp³-hybridized carbons (Fsp3) is 0.812. The van der Waals surface area contributed by atoms with E-state index in [4.69, 9.17) is 9.84 Å².